The van der Waals surface area contributed by atoms with Gasteiger partial charge >= 0.3 is 0 Å². The highest BCUT2D eigenvalue weighted by Gasteiger charge is 2.34. The van der Waals surface area contributed by atoms with E-state index in [9.17, 15) is 9.59 Å². The molecule has 0 aromatic heterocycles. The molecule has 2 amide bonds. The van der Waals surface area contributed by atoms with E-state index in [1.807, 2.05) is 13.1 Å². The Hall–Kier alpha value is -1.88. The molecule has 1 atom stereocenters. The highest BCUT2D eigenvalue weighted by Crippen LogP contribution is 2.34. The number of anilines is 1. The molecule has 1 aromatic carbocycles. The molecule has 96 valence electrons. The van der Waals surface area contributed by atoms with Crippen LogP contribution in [-0.4, -0.2) is 25.0 Å². The first-order valence-corrected chi connectivity index (χ1v) is 5.83. The van der Waals surface area contributed by atoms with Gasteiger partial charge in [-0.1, -0.05) is 6.07 Å². The van der Waals surface area contributed by atoms with Gasteiger partial charge in [-0.3, -0.25) is 9.59 Å². The number of ether oxygens (including phenoxy) is 1. The summed E-state index contributed by atoms with van der Waals surface area (Å²) in [6.07, 6.45) is -0.628. The lowest BCUT2D eigenvalue weighted by Crippen LogP contribution is -2.46. The second-order valence-electron chi connectivity index (χ2n) is 4.29. The molecule has 1 aliphatic heterocycles. The molecule has 0 aliphatic carbocycles. The van der Waals surface area contributed by atoms with Gasteiger partial charge in [-0.05, 0) is 31.7 Å². The summed E-state index contributed by atoms with van der Waals surface area (Å²) in [5.74, 6) is -0.0493. The fourth-order valence-corrected chi connectivity index (χ4v) is 2.02. The fourth-order valence-electron chi connectivity index (χ4n) is 2.02. The molecule has 5 heteroatoms. The van der Waals surface area contributed by atoms with E-state index < -0.39 is 6.10 Å². The Morgan fingerprint density at radius 2 is 2.22 bits per heavy atom. The first kappa shape index (κ1) is 12.6. The van der Waals surface area contributed by atoms with E-state index in [2.05, 4.69) is 5.32 Å². The van der Waals surface area contributed by atoms with Crippen molar-refractivity contribution >= 4 is 17.5 Å². The molecule has 1 N–H and O–H groups in total. The van der Waals surface area contributed by atoms with E-state index in [4.69, 9.17) is 4.74 Å². The third-order valence-corrected chi connectivity index (χ3v) is 2.83. The molecule has 1 unspecified atom stereocenters. The molecule has 18 heavy (non-hydrogen) atoms. The third kappa shape index (κ3) is 2.09. The Kier molecular flexibility index (Phi) is 3.34. The predicted octanol–water partition coefficient (Wildman–Crippen LogP) is 1.07. The van der Waals surface area contributed by atoms with Crippen molar-refractivity contribution in [3.63, 3.8) is 0 Å². The van der Waals surface area contributed by atoms with Crippen LogP contribution in [0.15, 0.2) is 18.2 Å². The SMILES string of the molecule is CNCc1ccc2c(c1)N(C(C)=O)C(=O)C(C)O2. The summed E-state index contributed by atoms with van der Waals surface area (Å²) in [6, 6.07) is 5.51. The topological polar surface area (TPSA) is 58.6 Å². The number of benzene rings is 1. The van der Waals surface area contributed by atoms with Crippen LogP contribution in [-0.2, 0) is 16.1 Å². The standard InChI is InChI=1S/C13H16N2O3/c1-8-13(17)15(9(2)16)11-6-10(7-14-3)4-5-12(11)18-8/h4-6,8,14H,7H2,1-3H3. The Morgan fingerprint density at radius 1 is 1.50 bits per heavy atom. The number of fused-ring (bicyclic) bond motifs is 1. The number of nitrogens with one attached hydrogen (secondary N) is 1. The van der Waals surface area contributed by atoms with Crippen molar-refractivity contribution in [2.45, 2.75) is 26.5 Å². The highest BCUT2D eigenvalue weighted by atomic mass is 16.5. The number of hydrogen-bond acceptors (Lipinski definition) is 4. The zero-order chi connectivity index (χ0) is 13.3. The van der Waals surface area contributed by atoms with Gasteiger partial charge in [0.25, 0.3) is 5.91 Å². The number of nitrogens with zero attached hydrogens (tertiary/aromatic N) is 1. The molecule has 1 aromatic rings. The summed E-state index contributed by atoms with van der Waals surface area (Å²) in [5, 5.41) is 3.03. The second-order valence-corrected chi connectivity index (χ2v) is 4.29. The maximum atomic E-state index is 12.0. The molecular formula is C13H16N2O3. The van der Waals surface area contributed by atoms with Crippen molar-refractivity contribution in [1.82, 2.24) is 5.32 Å². The quantitative estimate of drug-likeness (QED) is 0.850. The van der Waals surface area contributed by atoms with Crippen LogP contribution < -0.4 is 15.0 Å². The summed E-state index contributed by atoms with van der Waals surface area (Å²) in [5.41, 5.74) is 1.52. The Bertz CT molecular complexity index is 499. The monoisotopic (exact) mass is 248 g/mol. The lowest BCUT2D eigenvalue weighted by molar-refractivity contribution is -0.130. The van der Waals surface area contributed by atoms with Crippen molar-refractivity contribution < 1.29 is 14.3 Å². The maximum Gasteiger partial charge on any atom is 0.274 e. The molecule has 0 saturated carbocycles. The largest absolute Gasteiger partial charge is 0.479 e. The van der Waals surface area contributed by atoms with E-state index in [0.29, 0.717) is 18.0 Å². The number of carbonyl (C=O) groups excluding carboxylic acids is 2. The minimum absolute atomic E-state index is 0.294. The molecule has 0 fully saturated rings. The van der Waals surface area contributed by atoms with Gasteiger partial charge in [0.15, 0.2) is 6.10 Å². The predicted molar refractivity (Wildman–Crippen MR) is 67.5 cm³/mol. The van der Waals surface area contributed by atoms with Crippen LogP contribution in [0.5, 0.6) is 5.75 Å². The molecule has 0 bridgehead atoms. The van der Waals surface area contributed by atoms with Gasteiger partial charge in [0.2, 0.25) is 5.91 Å². The minimum atomic E-state index is -0.628. The molecule has 0 radical (unpaired) electrons. The van der Waals surface area contributed by atoms with Crippen molar-refractivity contribution in [3.05, 3.63) is 23.8 Å². The first-order valence-electron chi connectivity index (χ1n) is 5.83. The highest BCUT2D eigenvalue weighted by molar-refractivity contribution is 6.17. The second kappa shape index (κ2) is 4.78. The Morgan fingerprint density at radius 3 is 2.83 bits per heavy atom. The summed E-state index contributed by atoms with van der Waals surface area (Å²) in [4.78, 5) is 24.8. The summed E-state index contributed by atoms with van der Waals surface area (Å²) < 4.78 is 5.49. The summed E-state index contributed by atoms with van der Waals surface area (Å²) >= 11 is 0. The van der Waals surface area contributed by atoms with E-state index in [0.717, 1.165) is 5.56 Å². The Labute approximate surface area is 106 Å². The van der Waals surface area contributed by atoms with Gasteiger partial charge in [0.05, 0.1) is 5.69 Å². The fraction of sp³-hybridized carbons (Fsp3) is 0.385. The van der Waals surface area contributed by atoms with Crippen LogP contribution in [0.1, 0.15) is 19.4 Å². The maximum absolute atomic E-state index is 12.0. The number of amides is 2. The van der Waals surface area contributed by atoms with Crippen LogP contribution in [0, 0.1) is 0 Å². The average Bonchev–Trinajstić information content (AvgIpc) is 2.31. The van der Waals surface area contributed by atoms with E-state index in [-0.39, 0.29) is 11.8 Å². The molecule has 0 spiro atoms. The van der Waals surface area contributed by atoms with Crippen LogP contribution in [0.2, 0.25) is 0 Å². The van der Waals surface area contributed by atoms with Gasteiger partial charge < -0.3 is 10.1 Å². The van der Waals surface area contributed by atoms with Crippen LogP contribution in [0.25, 0.3) is 0 Å². The smallest absolute Gasteiger partial charge is 0.274 e. The van der Waals surface area contributed by atoms with Crippen molar-refractivity contribution in [3.8, 4) is 5.75 Å². The first-order chi connectivity index (χ1) is 8.54. The normalized spacial score (nSPS) is 18.3. The van der Waals surface area contributed by atoms with E-state index in [1.54, 1.807) is 19.1 Å². The average molecular weight is 248 g/mol. The third-order valence-electron chi connectivity index (χ3n) is 2.83. The number of imide groups is 1. The lowest BCUT2D eigenvalue weighted by atomic mass is 10.1. The van der Waals surface area contributed by atoms with Crippen LogP contribution in [0.4, 0.5) is 5.69 Å². The minimum Gasteiger partial charge on any atom is -0.479 e. The van der Waals surface area contributed by atoms with Gasteiger partial charge in [0.1, 0.15) is 5.75 Å². The molecule has 1 aliphatic rings. The zero-order valence-electron chi connectivity index (χ0n) is 10.7. The molecule has 2 rings (SSSR count). The lowest BCUT2D eigenvalue weighted by Gasteiger charge is -2.31. The van der Waals surface area contributed by atoms with Gasteiger partial charge in [-0.15, -0.1) is 0 Å². The van der Waals surface area contributed by atoms with Gasteiger partial charge in [-0.2, -0.15) is 0 Å². The number of hydrogen-bond donors (Lipinski definition) is 1. The van der Waals surface area contributed by atoms with Crippen molar-refractivity contribution in [1.29, 1.82) is 0 Å². The van der Waals surface area contributed by atoms with Crippen LogP contribution >= 0.6 is 0 Å². The van der Waals surface area contributed by atoms with Crippen molar-refractivity contribution in [2.24, 2.45) is 0 Å². The van der Waals surface area contributed by atoms with Crippen molar-refractivity contribution in [2.75, 3.05) is 11.9 Å². The Balaban J connectivity index is 2.48. The molecule has 1 heterocycles. The molecule has 5 nitrogen and oxygen atoms in total. The molecule has 0 saturated heterocycles. The number of rotatable bonds is 2. The number of carbonyl (C=O) groups is 2. The van der Waals surface area contributed by atoms with Gasteiger partial charge in [0, 0.05) is 13.5 Å². The summed E-state index contributed by atoms with van der Waals surface area (Å²) in [6.45, 7) is 3.69. The van der Waals surface area contributed by atoms with E-state index in [1.165, 1.54) is 11.8 Å². The van der Waals surface area contributed by atoms with Crippen LogP contribution in [0.3, 0.4) is 0 Å². The molecular weight excluding hydrogens is 232 g/mol. The summed E-state index contributed by atoms with van der Waals surface area (Å²) in [7, 11) is 1.84. The van der Waals surface area contributed by atoms with Gasteiger partial charge in [-0.25, -0.2) is 4.90 Å². The van der Waals surface area contributed by atoms with E-state index >= 15 is 0 Å². The zero-order valence-corrected chi connectivity index (χ0v) is 10.7.